The molecular formula is C12H17ClN2O2. The quantitative estimate of drug-likeness (QED) is 0.755. The van der Waals surface area contributed by atoms with Crippen LogP contribution in [0.5, 0.6) is 5.75 Å². The maximum atomic E-state index is 9.94. The summed E-state index contributed by atoms with van der Waals surface area (Å²) in [5.41, 5.74) is 0.696. The standard InChI is InChI=1S/C12H17ClN2O2/c13-10-3-1-2-9(12(10)17)11(8-16)15-6-4-14-5-7-15/h1-3,11,14,16-17H,4-8H2/t11-/m1/s1. The number of aliphatic hydroxyl groups is 1. The third-order valence-corrected chi connectivity index (χ3v) is 3.45. The molecule has 4 nitrogen and oxygen atoms in total. The van der Waals surface area contributed by atoms with Crippen molar-refractivity contribution in [2.45, 2.75) is 6.04 Å². The molecule has 1 aromatic carbocycles. The maximum absolute atomic E-state index is 9.94. The van der Waals surface area contributed by atoms with Gasteiger partial charge in [0.1, 0.15) is 5.75 Å². The number of para-hydroxylation sites is 1. The van der Waals surface area contributed by atoms with Crippen LogP contribution in [0.4, 0.5) is 0 Å². The number of aromatic hydroxyl groups is 1. The van der Waals surface area contributed by atoms with Gasteiger partial charge in [-0.15, -0.1) is 0 Å². The van der Waals surface area contributed by atoms with Gasteiger partial charge in [-0.1, -0.05) is 23.7 Å². The Kier molecular flexibility index (Phi) is 4.23. The molecule has 94 valence electrons. The normalized spacial score (nSPS) is 19.2. The molecule has 0 spiro atoms. The van der Waals surface area contributed by atoms with E-state index in [-0.39, 0.29) is 18.4 Å². The molecular weight excluding hydrogens is 240 g/mol. The fraction of sp³-hybridized carbons (Fsp3) is 0.500. The van der Waals surface area contributed by atoms with Gasteiger partial charge in [0.2, 0.25) is 0 Å². The number of nitrogens with zero attached hydrogens (tertiary/aromatic N) is 1. The summed E-state index contributed by atoms with van der Waals surface area (Å²) in [5, 5.41) is 23.1. The minimum Gasteiger partial charge on any atom is -0.506 e. The van der Waals surface area contributed by atoms with Gasteiger partial charge in [-0.05, 0) is 6.07 Å². The number of phenolic OH excluding ortho intramolecular Hbond substituents is 1. The molecule has 0 unspecified atom stereocenters. The van der Waals surface area contributed by atoms with E-state index in [4.69, 9.17) is 11.6 Å². The van der Waals surface area contributed by atoms with Crippen molar-refractivity contribution in [3.63, 3.8) is 0 Å². The Hall–Kier alpha value is -0.810. The molecule has 1 aliphatic rings. The van der Waals surface area contributed by atoms with E-state index in [1.54, 1.807) is 12.1 Å². The van der Waals surface area contributed by atoms with Crippen molar-refractivity contribution in [2.75, 3.05) is 32.8 Å². The van der Waals surface area contributed by atoms with E-state index in [1.165, 1.54) is 0 Å². The number of rotatable bonds is 3. The van der Waals surface area contributed by atoms with Crippen molar-refractivity contribution in [3.05, 3.63) is 28.8 Å². The second-order valence-corrected chi connectivity index (χ2v) is 4.57. The van der Waals surface area contributed by atoms with Gasteiger partial charge >= 0.3 is 0 Å². The molecule has 1 fully saturated rings. The van der Waals surface area contributed by atoms with Gasteiger partial charge in [-0.3, -0.25) is 4.90 Å². The lowest BCUT2D eigenvalue weighted by atomic mass is 10.0. The molecule has 1 aromatic rings. The fourth-order valence-electron chi connectivity index (χ4n) is 2.21. The molecule has 0 amide bonds. The van der Waals surface area contributed by atoms with Crippen LogP contribution >= 0.6 is 11.6 Å². The van der Waals surface area contributed by atoms with Crippen molar-refractivity contribution >= 4 is 11.6 Å². The van der Waals surface area contributed by atoms with E-state index in [0.29, 0.717) is 10.6 Å². The highest BCUT2D eigenvalue weighted by Crippen LogP contribution is 2.33. The van der Waals surface area contributed by atoms with Gasteiger partial charge in [0.15, 0.2) is 0 Å². The minimum atomic E-state index is -0.184. The predicted octanol–water partition coefficient (Wildman–Crippen LogP) is 0.984. The summed E-state index contributed by atoms with van der Waals surface area (Å²) in [6.45, 7) is 3.50. The molecule has 0 radical (unpaired) electrons. The highest BCUT2D eigenvalue weighted by molar-refractivity contribution is 6.32. The van der Waals surface area contributed by atoms with Gasteiger partial charge in [0, 0.05) is 31.7 Å². The van der Waals surface area contributed by atoms with Crippen molar-refractivity contribution in [1.29, 1.82) is 0 Å². The Morgan fingerprint density at radius 1 is 1.35 bits per heavy atom. The average Bonchev–Trinajstić information content (AvgIpc) is 2.37. The van der Waals surface area contributed by atoms with E-state index >= 15 is 0 Å². The van der Waals surface area contributed by atoms with Crippen LogP contribution in [0.2, 0.25) is 5.02 Å². The molecule has 1 heterocycles. The second kappa shape index (κ2) is 5.69. The molecule has 17 heavy (non-hydrogen) atoms. The summed E-state index contributed by atoms with van der Waals surface area (Å²) in [6.07, 6.45) is 0. The zero-order valence-electron chi connectivity index (χ0n) is 9.56. The first kappa shape index (κ1) is 12.6. The van der Waals surface area contributed by atoms with Crippen LogP contribution in [0.25, 0.3) is 0 Å². The second-order valence-electron chi connectivity index (χ2n) is 4.16. The number of hydrogen-bond acceptors (Lipinski definition) is 4. The molecule has 1 saturated heterocycles. The van der Waals surface area contributed by atoms with Gasteiger partial charge in [0.25, 0.3) is 0 Å². The first-order valence-electron chi connectivity index (χ1n) is 5.77. The highest BCUT2D eigenvalue weighted by atomic mass is 35.5. The lowest BCUT2D eigenvalue weighted by Crippen LogP contribution is -2.46. The third-order valence-electron chi connectivity index (χ3n) is 3.14. The molecule has 1 aliphatic heterocycles. The topological polar surface area (TPSA) is 55.7 Å². The summed E-state index contributed by atoms with van der Waals surface area (Å²) in [4.78, 5) is 2.15. The van der Waals surface area contributed by atoms with E-state index in [2.05, 4.69) is 10.2 Å². The number of piperazine rings is 1. The Morgan fingerprint density at radius 2 is 2.06 bits per heavy atom. The van der Waals surface area contributed by atoms with E-state index in [9.17, 15) is 10.2 Å². The summed E-state index contributed by atoms with van der Waals surface area (Å²) in [6, 6.07) is 5.06. The first-order valence-corrected chi connectivity index (χ1v) is 6.15. The van der Waals surface area contributed by atoms with Crippen LogP contribution in [0.15, 0.2) is 18.2 Å². The Morgan fingerprint density at radius 3 is 2.71 bits per heavy atom. The lowest BCUT2D eigenvalue weighted by Gasteiger charge is -2.34. The minimum absolute atomic E-state index is 0.0199. The van der Waals surface area contributed by atoms with Gasteiger partial charge in [0.05, 0.1) is 17.7 Å². The smallest absolute Gasteiger partial charge is 0.139 e. The average molecular weight is 257 g/mol. The monoisotopic (exact) mass is 256 g/mol. The molecule has 1 atom stereocenters. The van der Waals surface area contributed by atoms with Crippen molar-refractivity contribution in [1.82, 2.24) is 10.2 Å². The lowest BCUT2D eigenvalue weighted by molar-refractivity contribution is 0.109. The zero-order valence-corrected chi connectivity index (χ0v) is 10.3. The SMILES string of the molecule is OC[C@H](c1cccc(Cl)c1O)N1CCNCC1. The van der Waals surface area contributed by atoms with Crippen LogP contribution < -0.4 is 5.32 Å². The van der Waals surface area contributed by atoms with Crippen LogP contribution in [-0.2, 0) is 0 Å². The zero-order chi connectivity index (χ0) is 12.3. The third kappa shape index (κ3) is 2.72. The van der Waals surface area contributed by atoms with Crippen LogP contribution in [0.3, 0.4) is 0 Å². The number of halogens is 1. The summed E-state index contributed by atoms with van der Waals surface area (Å²) < 4.78 is 0. The molecule has 0 aromatic heterocycles. The number of aliphatic hydroxyl groups excluding tert-OH is 1. The molecule has 5 heteroatoms. The Bertz CT molecular complexity index is 381. The van der Waals surface area contributed by atoms with Crippen molar-refractivity contribution in [2.24, 2.45) is 0 Å². The number of phenols is 1. The molecule has 0 saturated carbocycles. The number of benzene rings is 1. The molecule has 2 rings (SSSR count). The first-order chi connectivity index (χ1) is 8.24. The molecule has 0 aliphatic carbocycles. The van der Waals surface area contributed by atoms with E-state index in [0.717, 1.165) is 26.2 Å². The van der Waals surface area contributed by atoms with E-state index in [1.807, 2.05) is 6.07 Å². The Labute approximate surface area is 106 Å². The predicted molar refractivity (Wildman–Crippen MR) is 67.4 cm³/mol. The Balaban J connectivity index is 2.24. The molecule has 3 N–H and O–H groups in total. The maximum Gasteiger partial charge on any atom is 0.139 e. The number of hydrogen-bond donors (Lipinski definition) is 3. The highest BCUT2D eigenvalue weighted by Gasteiger charge is 2.24. The van der Waals surface area contributed by atoms with Crippen LogP contribution in [0, 0.1) is 0 Å². The fourth-order valence-corrected chi connectivity index (χ4v) is 2.39. The largest absolute Gasteiger partial charge is 0.506 e. The summed E-state index contributed by atoms with van der Waals surface area (Å²) >= 11 is 5.89. The van der Waals surface area contributed by atoms with Crippen LogP contribution in [0.1, 0.15) is 11.6 Å². The van der Waals surface area contributed by atoms with Gasteiger partial charge < -0.3 is 15.5 Å². The number of nitrogens with one attached hydrogen (secondary N) is 1. The van der Waals surface area contributed by atoms with Crippen LogP contribution in [-0.4, -0.2) is 47.9 Å². The van der Waals surface area contributed by atoms with E-state index < -0.39 is 0 Å². The molecule has 0 bridgehead atoms. The van der Waals surface area contributed by atoms with Crippen molar-refractivity contribution in [3.8, 4) is 5.75 Å². The van der Waals surface area contributed by atoms with Gasteiger partial charge in [-0.25, -0.2) is 0 Å². The summed E-state index contributed by atoms with van der Waals surface area (Å²) in [7, 11) is 0. The summed E-state index contributed by atoms with van der Waals surface area (Å²) in [5.74, 6) is 0.0757. The van der Waals surface area contributed by atoms with Crippen molar-refractivity contribution < 1.29 is 10.2 Å². The van der Waals surface area contributed by atoms with Gasteiger partial charge in [-0.2, -0.15) is 0 Å².